The first-order valence-corrected chi connectivity index (χ1v) is 8.69. The summed E-state index contributed by atoms with van der Waals surface area (Å²) >= 11 is 0. The summed E-state index contributed by atoms with van der Waals surface area (Å²) < 4.78 is 11.2. The second kappa shape index (κ2) is 6.65. The molecule has 1 amide bonds. The third kappa shape index (κ3) is 3.31. The van der Waals surface area contributed by atoms with Crippen molar-refractivity contribution in [1.82, 2.24) is 9.80 Å². The molecule has 0 radical (unpaired) electrons. The Kier molecular flexibility index (Phi) is 4.78. The maximum Gasteiger partial charge on any atom is 0.257 e. The van der Waals surface area contributed by atoms with Gasteiger partial charge in [-0.15, -0.1) is 0 Å². The van der Waals surface area contributed by atoms with Crippen molar-refractivity contribution < 1.29 is 13.9 Å². The van der Waals surface area contributed by atoms with E-state index in [2.05, 4.69) is 11.8 Å². The Morgan fingerprint density at radius 2 is 1.78 bits per heavy atom. The van der Waals surface area contributed by atoms with E-state index in [1.54, 1.807) is 0 Å². The lowest BCUT2D eigenvalue weighted by Gasteiger charge is -2.41. The minimum Gasteiger partial charge on any atom is -0.466 e. The normalized spacial score (nSPS) is 24.2. The summed E-state index contributed by atoms with van der Waals surface area (Å²) in [6.45, 7) is 12.4. The number of morpholine rings is 1. The zero-order valence-electron chi connectivity index (χ0n) is 14.7. The molecule has 128 valence electrons. The number of hydrogen-bond donors (Lipinski definition) is 0. The highest BCUT2D eigenvalue weighted by atomic mass is 16.5. The van der Waals surface area contributed by atoms with Crippen LogP contribution in [0.25, 0.3) is 0 Å². The van der Waals surface area contributed by atoms with Gasteiger partial charge in [-0.2, -0.15) is 0 Å². The molecule has 3 heterocycles. The van der Waals surface area contributed by atoms with Gasteiger partial charge in [-0.3, -0.25) is 9.69 Å². The fraction of sp³-hybridized carbons (Fsp3) is 0.722. The van der Waals surface area contributed by atoms with E-state index in [0.29, 0.717) is 12.1 Å². The molecule has 1 unspecified atom stereocenters. The van der Waals surface area contributed by atoms with Gasteiger partial charge in [0.1, 0.15) is 11.5 Å². The minimum atomic E-state index is 0.130. The number of piperidine rings is 1. The van der Waals surface area contributed by atoms with E-state index in [-0.39, 0.29) is 5.91 Å². The molecule has 2 aliphatic rings. The smallest absolute Gasteiger partial charge is 0.257 e. The Labute approximate surface area is 138 Å². The molecule has 23 heavy (non-hydrogen) atoms. The van der Waals surface area contributed by atoms with Crippen LogP contribution in [-0.4, -0.2) is 60.6 Å². The first kappa shape index (κ1) is 16.5. The average molecular weight is 320 g/mol. The highest BCUT2D eigenvalue weighted by molar-refractivity contribution is 5.96. The molecule has 0 spiro atoms. The number of furan rings is 1. The molecule has 1 aromatic rings. The summed E-state index contributed by atoms with van der Waals surface area (Å²) in [7, 11) is 0. The number of carbonyl (C=O) groups excluding carboxylic acids is 1. The Bertz CT molecular complexity index is 573. The molecule has 0 N–H and O–H groups in total. The van der Waals surface area contributed by atoms with E-state index in [1.807, 2.05) is 25.7 Å². The lowest BCUT2D eigenvalue weighted by molar-refractivity contribution is -0.0423. The SMILES string of the molecule is Cc1oc(C)c(C(=O)N2CCC(N3CCOC(C)C3)CC2)c1C. The number of aryl methyl sites for hydroxylation is 2. The van der Waals surface area contributed by atoms with E-state index < -0.39 is 0 Å². The minimum absolute atomic E-state index is 0.130. The standard InChI is InChI=1S/C18H28N2O3/c1-12-11-20(9-10-22-12)16-5-7-19(8-6-16)18(21)17-13(2)14(3)23-15(17)4/h12,16H,5-11H2,1-4H3. The number of rotatable bonds is 2. The van der Waals surface area contributed by atoms with Gasteiger partial charge >= 0.3 is 0 Å². The molecule has 1 aromatic heterocycles. The van der Waals surface area contributed by atoms with Gasteiger partial charge < -0.3 is 14.1 Å². The van der Waals surface area contributed by atoms with Crippen LogP contribution in [0.3, 0.4) is 0 Å². The molecule has 5 heteroatoms. The molecule has 2 aliphatic heterocycles. The predicted octanol–water partition coefficient (Wildman–Crippen LogP) is 2.53. The molecular weight excluding hydrogens is 292 g/mol. The lowest BCUT2D eigenvalue weighted by atomic mass is 10.0. The zero-order valence-corrected chi connectivity index (χ0v) is 14.7. The lowest BCUT2D eigenvalue weighted by Crippen LogP contribution is -2.51. The van der Waals surface area contributed by atoms with Gasteiger partial charge in [0.15, 0.2) is 0 Å². The maximum atomic E-state index is 12.8. The largest absolute Gasteiger partial charge is 0.466 e. The van der Waals surface area contributed by atoms with Crippen LogP contribution in [0, 0.1) is 20.8 Å². The van der Waals surface area contributed by atoms with Crippen molar-refractivity contribution in [3.05, 3.63) is 22.6 Å². The van der Waals surface area contributed by atoms with Gasteiger partial charge in [0.05, 0.1) is 18.3 Å². The van der Waals surface area contributed by atoms with Crippen molar-refractivity contribution in [1.29, 1.82) is 0 Å². The van der Waals surface area contributed by atoms with E-state index in [4.69, 9.17) is 9.15 Å². The number of hydrogen-bond acceptors (Lipinski definition) is 4. The van der Waals surface area contributed by atoms with Crippen LogP contribution in [0.5, 0.6) is 0 Å². The number of likely N-dealkylation sites (tertiary alicyclic amines) is 1. The second-order valence-corrected chi connectivity index (χ2v) is 6.91. The van der Waals surface area contributed by atoms with E-state index in [0.717, 1.165) is 68.3 Å². The van der Waals surface area contributed by atoms with Gasteiger partial charge in [-0.25, -0.2) is 0 Å². The predicted molar refractivity (Wildman–Crippen MR) is 88.8 cm³/mol. The molecule has 5 nitrogen and oxygen atoms in total. The average Bonchev–Trinajstić information content (AvgIpc) is 2.79. The van der Waals surface area contributed by atoms with Crippen molar-refractivity contribution >= 4 is 5.91 Å². The monoisotopic (exact) mass is 320 g/mol. The highest BCUT2D eigenvalue weighted by Crippen LogP contribution is 2.25. The fourth-order valence-electron chi connectivity index (χ4n) is 3.88. The zero-order chi connectivity index (χ0) is 16.6. The van der Waals surface area contributed by atoms with Crippen LogP contribution in [0.4, 0.5) is 0 Å². The molecule has 3 rings (SSSR count). The van der Waals surface area contributed by atoms with Crippen molar-refractivity contribution in [2.75, 3.05) is 32.8 Å². The van der Waals surface area contributed by atoms with Gasteiger partial charge in [0, 0.05) is 37.8 Å². The van der Waals surface area contributed by atoms with Crippen LogP contribution < -0.4 is 0 Å². The van der Waals surface area contributed by atoms with Gasteiger partial charge in [-0.05, 0) is 40.5 Å². The summed E-state index contributed by atoms with van der Waals surface area (Å²) in [5, 5.41) is 0. The van der Waals surface area contributed by atoms with Crippen molar-refractivity contribution in [3.63, 3.8) is 0 Å². The summed E-state index contributed by atoms with van der Waals surface area (Å²) in [6.07, 6.45) is 2.42. The Balaban J connectivity index is 1.61. The molecule has 0 aromatic carbocycles. The number of ether oxygens (including phenoxy) is 1. The molecular formula is C18H28N2O3. The highest BCUT2D eigenvalue weighted by Gasteiger charge is 2.31. The molecule has 2 saturated heterocycles. The molecule has 0 saturated carbocycles. The summed E-state index contributed by atoms with van der Waals surface area (Å²) in [5.74, 6) is 1.72. The molecule has 1 atom stereocenters. The topological polar surface area (TPSA) is 45.9 Å². The molecule has 2 fully saturated rings. The number of nitrogens with zero attached hydrogens (tertiary/aromatic N) is 2. The van der Waals surface area contributed by atoms with E-state index in [9.17, 15) is 4.79 Å². The number of carbonyl (C=O) groups is 1. The van der Waals surface area contributed by atoms with Crippen molar-refractivity contribution in [2.45, 2.75) is 52.7 Å². The summed E-state index contributed by atoms with van der Waals surface area (Å²) in [4.78, 5) is 17.3. The van der Waals surface area contributed by atoms with Gasteiger partial charge in [0.25, 0.3) is 5.91 Å². The van der Waals surface area contributed by atoms with Crippen LogP contribution in [0.15, 0.2) is 4.42 Å². The van der Waals surface area contributed by atoms with Gasteiger partial charge in [-0.1, -0.05) is 0 Å². The Morgan fingerprint density at radius 3 is 2.35 bits per heavy atom. The summed E-state index contributed by atoms with van der Waals surface area (Å²) in [5.41, 5.74) is 1.75. The number of amides is 1. The van der Waals surface area contributed by atoms with Crippen LogP contribution >= 0.6 is 0 Å². The van der Waals surface area contributed by atoms with E-state index >= 15 is 0 Å². The van der Waals surface area contributed by atoms with Crippen LogP contribution in [-0.2, 0) is 4.74 Å². The van der Waals surface area contributed by atoms with Crippen LogP contribution in [0.2, 0.25) is 0 Å². The van der Waals surface area contributed by atoms with Crippen LogP contribution in [0.1, 0.15) is 47.2 Å². The Hall–Kier alpha value is -1.33. The quantitative estimate of drug-likeness (QED) is 0.840. The molecule has 0 bridgehead atoms. The third-order valence-electron chi connectivity index (χ3n) is 5.32. The van der Waals surface area contributed by atoms with Crippen molar-refractivity contribution in [3.8, 4) is 0 Å². The Morgan fingerprint density at radius 1 is 1.09 bits per heavy atom. The first-order valence-electron chi connectivity index (χ1n) is 8.69. The summed E-state index contributed by atoms with van der Waals surface area (Å²) in [6, 6.07) is 0.582. The third-order valence-corrected chi connectivity index (χ3v) is 5.32. The van der Waals surface area contributed by atoms with Crippen molar-refractivity contribution in [2.24, 2.45) is 0 Å². The van der Waals surface area contributed by atoms with Gasteiger partial charge in [0.2, 0.25) is 0 Å². The first-order chi connectivity index (χ1) is 11.0. The maximum absolute atomic E-state index is 12.8. The van der Waals surface area contributed by atoms with E-state index in [1.165, 1.54) is 0 Å². The fourth-order valence-corrected chi connectivity index (χ4v) is 3.88. The molecule has 0 aliphatic carbocycles. The second-order valence-electron chi connectivity index (χ2n) is 6.91.